The van der Waals surface area contributed by atoms with Crippen molar-refractivity contribution in [2.75, 3.05) is 6.54 Å². The molecule has 120 valence electrons. The van der Waals surface area contributed by atoms with Crippen LogP contribution in [0.3, 0.4) is 0 Å². The highest BCUT2D eigenvalue weighted by atomic mass is 79.9. The second-order valence-corrected chi connectivity index (χ2v) is 7.78. The van der Waals surface area contributed by atoms with Crippen molar-refractivity contribution in [2.45, 2.75) is 51.0 Å². The van der Waals surface area contributed by atoms with Crippen LogP contribution in [0.1, 0.15) is 45.1 Å². The molecule has 0 fully saturated rings. The molecular formula is C15H24BrNO3S. The summed E-state index contributed by atoms with van der Waals surface area (Å²) < 4.78 is 28.0. The van der Waals surface area contributed by atoms with Gasteiger partial charge in [-0.2, -0.15) is 0 Å². The Labute approximate surface area is 136 Å². The minimum Gasteiger partial charge on any atom is -0.392 e. The standard InChI is InChI=1S/C15H24BrNO3S/c1-3-5-6-12(4-2)10-17-21(19,20)15-9-13(11-18)7-8-14(15)16/h7-9,12,17-18H,3-6,10-11H2,1-2H3. The Balaban J connectivity index is 2.81. The third-order valence-corrected chi connectivity index (χ3v) is 5.99. The molecule has 1 rings (SSSR count). The summed E-state index contributed by atoms with van der Waals surface area (Å²) in [5, 5.41) is 9.14. The van der Waals surface area contributed by atoms with Gasteiger partial charge in [0.05, 0.1) is 11.5 Å². The zero-order valence-electron chi connectivity index (χ0n) is 12.6. The maximum Gasteiger partial charge on any atom is 0.241 e. The van der Waals surface area contributed by atoms with Gasteiger partial charge in [0, 0.05) is 11.0 Å². The van der Waals surface area contributed by atoms with Crippen LogP contribution in [0, 0.1) is 5.92 Å². The zero-order chi connectivity index (χ0) is 15.9. The summed E-state index contributed by atoms with van der Waals surface area (Å²) in [5.74, 6) is 0.361. The Hall–Kier alpha value is -0.430. The van der Waals surface area contributed by atoms with Gasteiger partial charge >= 0.3 is 0 Å². The van der Waals surface area contributed by atoms with E-state index in [2.05, 4.69) is 34.5 Å². The summed E-state index contributed by atoms with van der Waals surface area (Å²) in [7, 11) is -3.56. The number of hydrogen-bond acceptors (Lipinski definition) is 3. The molecule has 1 atom stereocenters. The summed E-state index contributed by atoms with van der Waals surface area (Å²) >= 11 is 3.26. The Morgan fingerprint density at radius 1 is 1.33 bits per heavy atom. The van der Waals surface area contributed by atoms with Crippen LogP contribution in [0.4, 0.5) is 0 Å². The topological polar surface area (TPSA) is 66.4 Å². The van der Waals surface area contributed by atoms with E-state index in [0.717, 1.165) is 25.7 Å². The summed E-state index contributed by atoms with van der Waals surface area (Å²) in [6.07, 6.45) is 4.23. The van der Waals surface area contributed by atoms with Crippen LogP contribution < -0.4 is 4.72 Å². The van der Waals surface area contributed by atoms with E-state index in [1.54, 1.807) is 12.1 Å². The van der Waals surface area contributed by atoms with Crippen molar-refractivity contribution in [2.24, 2.45) is 5.92 Å². The molecule has 0 heterocycles. The Bertz CT molecular complexity index is 546. The maximum absolute atomic E-state index is 12.4. The van der Waals surface area contributed by atoms with E-state index in [1.165, 1.54) is 6.07 Å². The number of aliphatic hydroxyl groups excluding tert-OH is 1. The minimum absolute atomic E-state index is 0.177. The zero-order valence-corrected chi connectivity index (χ0v) is 15.0. The van der Waals surface area contributed by atoms with E-state index in [1.807, 2.05) is 0 Å². The lowest BCUT2D eigenvalue weighted by atomic mass is 10.00. The number of rotatable bonds is 9. The fourth-order valence-electron chi connectivity index (χ4n) is 2.10. The van der Waals surface area contributed by atoms with Crippen molar-refractivity contribution in [3.05, 3.63) is 28.2 Å². The highest BCUT2D eigenvalue weighted by Crippen LogP contribution is 2.23. The van der Waals surface area contributed by atoms with Crippen LogP contribution in [-0.2, 0) is 16.6 Å². The van der Waals surface area contributed by atoms with Gasteiger partial charge in [0.2, 0.25) is 10.0 Å². The first-order valence-electron chi connectivity index (χ1n) is 7.33. The van der Waals surface area contributed by atoms with Crippen molar-refractivity contribution in [1.29, 1.82) is 0 Å². The fourth-order valence-corrected chi connectivity index (χ4v) is 4.23. The van der Waals surface area contributed by atoms with Crippen LogP contribution >= 0.6 is 15.9 Å². The van der Waals surface area contributed by atoms with Crippen LogP contribution in [0.15, 0.2) is 27.6 Å². The van der Waals surface area contributed by atoms with E-state index >= 15 is 0 Å². The van der Waals surface area contributed by atoms with Crippen LogP contribution in [0.2, 0.25) is 0 Å². The molecule has 21 heavy (non-hydrogen) atoms. The van der Waals surface area contributed by atoms with E-state index < -0.39 is 10.0 Å². The number of aliphatic hydroxyl groups is 1. The molecule has 1 unspecified atom stereocenters. The first-order valence-corrected chi connectivity index (χ1v) is 9.61. The molecule has 0 radical (unpaired) electrons. The predicted octanol–water partition coefficient (Wildman–Crippen LogP) is 3.44. The third kappa shape index (κ3) is 5.70. The van der Waals surface area contributed by atoms with Gasteiger partial charge < -0.3 is 5.11 Å². The maximum atomic E-state index is 12.4. The Morgan fingerprint density at radius 2 is 2.05 bits per heavy atom. The average molecular weight is 378 g/mol. The van der Waals surface area contributed by atoms with Crippen LogP contribution in [-0.4, -0.2) is 20.1 Å². The SMILES string of the molecule is CCCCC(CC)CNS(=O)(=O)c1cc(CO)ccc1Br. The molecule has 0 saturated heterocycles. The van der Waals surface area contributed by atoms with Crippen molar-refractivity contribution in [1.82, 2.24) is 4.72 Å². The molecule has 0 aliphatic carbocycles. The lowest BCUT2D eigenvalue weighted by Gasteiger charge is -2.16. The number of nitrogens with one attached hydrogen (secondary N) is 1. The number of benzene rings is 1. The number of hydrogen-bond donors (Lipinski definition) is 2. The Morgan fingerprint density at radius 3 is 2.62 bits per heavy atom. The first kappa shape index (κ1) is 18.6. The summed E-state index contributed by atoms with van der Waals surface area (Å²) in [5.41, 5.74) is 0.580. The molecule has 0 saturated carbocycles. The van der Waals surface area contributed by atoms with Gasteiger partial charge in [-0.15, -0.1) is 0 Å². The molecule has 0 aliphatic heterocycles. The lowest BCUT2D eigenvalue weighted by molar-refractivity contribution is 0.281. The van der Waals surface area contributed by atoms with Crippen molar-refractivity contribution >= 4 is 26.0 Å². The molecule has 0 aliphatic rings. The van der Waals surface area contributed by atoms with E-state index in [9.17, 15) is 8.42 Å². The quantitative estimate of drug-likeness (QED) is 0.692. The number of halogens is 1. The lowest BCUT2D eigenvalue weighted by Crippen LogP contribution is -2.29. The second kappa shape index (κ2) is 8.88. The first-order chi connectivity index (χ1) is 9.94. The molecular weight excluding hydrogens is 354 g/mol. The van der Waals surface area contributed by atoms with Gasteiger partial charge in [0.15, 0.2) is 0 Å². The van der Waals surface area contributed by atoms with Gasteiger partial charge in [-0.3, -0.25) is 0 Å². The van der Waals surface area contributed by atoms with Gasteiger partial charge in [0.25, 0.3) is 0 Å². The van der Waals surface area contributed by atoms with Gasteiger partial charge in [-0.1, -0.05) is 39.2 Å². The minimum atomic E-state index is -3.56. The Kier molecular flexibility index (Phi) is 7.87. The van der Waals surface area contributed by atoms with Gasteiger partial charge in [0.1, 0.15) is 0 Å². The highest BCUT2D eigenvalue weighted by molar-refractivity contribution is 9.10. The molecule has 0 amide bonds. The summed E-state index contributed by atoms with van der Waals surface area (Å²) in [6, 6.07) is 4.84. The van der Waals surface area contributed by atoms with Crippen LogP contribution in [0.5, 0.6) is 0 Å². The number of sulfonamides is 1. The normalized spacial score (nSPS) is 13.3. The molecule has 1 aromatic rings. The average Bonchev–Trinajstić information content (AvgIpc) is 2.47. The largest absolute Gasteiger partial charge is 0.392 e. The summed E-state index contributed by atoms with van der Waals surface area (Å²) in [6.45, 7) is 4.49. The fraction of sp³-hybridized carbons (Fsp3) is 0.600. The molecule has 0 aromatic heterocycles. The molecule has 4 nitrogen and oxygen atoms in total. The monoisotopic (exact) mass is 377 g/mol. The van der Waals surface area contributed by atoms with E-state index in [4.69, 9.17) is 5.11 Å². The molecule has 0 spiro atoms. The van der Waals surface area contributed by atoms with Crippen molar-refractivity contribution in [3.8, 4) is 0 Å². The molecule has 2 N–H and O–H groups in total. The van der Waals surface area contributed by atoms with E-state index in [0.29, 0.717) is 22.5 Å². The number of unbranched alkanes of at least 4 members (excludes halogenated alkanes) is 1. The molecule has 6 heteroatoms. The molecule has 1 aromatic carbocycles. The van der Waals surface area contributed by atoms with E-state index in [-0.39, 0.29) is 11.5 Å². The molecule has 0 bridgehead atoms. The highest BCUT2D eigenvalue weighted by Gasteiger charge is 2.19. The second-order valence-electron chi connectivity index (χ2n) is 5.19. The van der Waals surface area contributed by atoms with Gasteiger partial charge in [-0.05, 0) is 46.0 Å². The summed E-state index contributed by atoms with van der Waals surface area (Å²) in [4.78, 5) is 0.180. The van der Waals surface area contributed by atoms with Crippen molar-refractivity contribution in [3.63, 3.8) is 0 Å². The predicted molar refractivity (Wildman–Crippen MR) is 88.6 cm³/mol. The third-order valence-electron chi connectivity index (χ3n) is 3.57. The smallest absolute Gasteiger partial charge is 0.241 e. The van der Waals surface area contributed by atoms with Crippen LogP contribution in [0.25, 0.3) is 0 Å². The van der Waals surface area contributed by atoms with Gasteiger partial charge in [-0.25, -0.2) is 13.1 Å². The van der Waals surface area contributed by atoms with Crippen molar-refractivity contribution < 1.29 is 13.5 Å².